The van der Waals surface area contributed by atoms with Gasteiger partial charge in [-0.15, -0.1) is 0 Å². The van der Waals surface area contributed by atoms with Crippen molar-refractivity contribution in [3.05, 3.63) is 34.7 Å². The van der Waals surface area contributed by atoms with E-state index in [2.05, 4.69) is 10.3 Å². The number of amides is 2. The van der Waals surface area contributed by atoms with Crippen LogP contribution in [0.2, 0.25) is 0 Å². The van der Waals surface area contributed by atoms with E-state index in [9.17, 15) is 14.4 Å². The van der Waals surface area contributed by atoms with Gasteiger partial charge in [-0.2, -0.15) is 0 Å². The molecule has 33 heavy (non-hydrogen) atoms. The van der Waals surface area contributed by atoms with Crippen molar-refractivity contribution in [1.82, 2.24) is 19.8 Å². The first-order chi connectivity index (χ1) is 16.0. The molecule has 2 heterocycles. The van der Waals surface area contributed by atoms with Crippen LogP contribution < -0.4 is 11.0 Å². The lowest BCUT2D eigenvalue weighted by Gasteiger charge is -2.56. The number of imidazole rings is 1. The van der Waals surface area contributed by atoms with Crippen LogP contribution in [0, 0.1) is 23.2 Å². The van der Waals surface area contributed by atoms with E-state index in [1.165, 1.54) is 38.5 Å². The smallest absolute Gasteiger partial charge is 0.326 e. The first kappa shape index (κ1) is 21.0. The number of carbonyl (C=O) groups is 2. The number of piperidine rings is 1. The molecule has 0 radical (unpaired) electrons. The van der Waals surface area contributed by atoms with Crippen molar-refractivity contribution in [2.75, 3.05) is 19.6 Å². The van der Waals surface area contributed by atoms with Gasteiger partial charge in [-0.3, -0.25) is 14.2 Å². The van der Waals surface area contributed by atoms with Gasteiger partial charge in [0.05, 0.1) is 17.6 Å². The van der Waals surface area contributed by atoms with Gasteiger partial charge in [0.25, 0.3) is 0 Å². The molecule has 2 N–H and O–H groups in total. The lowest BCUT2D eigenvalue weighted by atomic mass is 9.49. The van der Waals surface area contributed by atoms with Crippen molar-refractivity contribution in [2.45, 2.75) is 63.8 Å². The molecular formula is C26H34N4O3. The van der Waals surface area contributed by atoms with Gasteiger partial charge in [0.1, 0.15) is 0 Å². The number of fused-ring (bicyclic) bond motifs is 1. The quantitative estimate of drug-likeness (QED) is 0.733. The van der Waals surface area contributed by atoms with Gasteiger partial charge < -0.3 is 15.2 Å². The maximum Gasteiger partial charge on any atom is 0.326 e. The maximum atomic E-state index is 12.8. The summed E-state index contributed by atoms with van der Waals surface area (Å²) in [6.45, 7) is 1.31. The van der Waals surface area contributed by atoms with Crippen molar-refractivity contribution in [1.29, 1.82) is 0 Å². The molecule has 7 heteroatoms. The average molecular weight is 451 g/mol. The van der Waals surface area contributed by atoms with Gasteiger partial charge in [0, 0.05) is 25.6 Å². The first-order valence-corrected chi connectivity index (χ1v) is 12.7. The summed E-state index contributed by atoms with van der Waals surface area (Å²) in [4.78, 5) is 42.8. The second-order valence-corrected chi connectivity index (χ2v) is 11.3. The lowest BCUT2D eigenvalue weighted by molar-refractivity contribution is -0.136. The Morgan fingerprint density at radius 1 is 1.00 bits per heavy atom. The van der Waals surface area contributed by atoms with E-state index >= 15 is 0 Å². The number of H-pyrrole nitrogens is 1. The van der Waals surface area contributed by atoms with Crippen LogP contribution in [0.4, 0.5) is 0 Å². The molecule has 7 nitrogen and oxygen atoms in total. The molecule has 5 fully saturated rings. The van der Waals surface area contributed by atoms with Gasteiger partial charge in [-0.05, 0) is 86.7 Å². The fraction of sp³-hybridized carbons (Fsp3) is 0.654. The third-order valence-electron chi connectivity index (χ3n) is 8.94. The maximum absolute atomic E-state index is 12.8. The highest BCUT2D eigenvalue weighted by molar-refractivity contribution is 5.85. The fourth-order valence-corrected chi connectivity index (χ4v) is 8.01. The Labute approximate surface area is 193 Å². The Morgan fingerprint density at radius 3 is 2.30 bits per heavy atom. The normalized spacial score (nSPS) is 31.3. The molecule has 5 aliphatic rings. The number of nitrogens with zero attached hydrogens (tertiary/aromatic N) is 2. The Kier molecular flexibility index (Phi) is 5.11. The van der Waals surface area contributed by atoms with Crippen molar-refractivity contribution in [2.24, 2.45) is 23.2 Å². The van der Waals surface area contributed by atoms with E-state index in [1.54, 1.807) is 0 Å². The minimum atomic E-state index is -0.0853. The molecule has 7 rings (SSSR count). The van der Waals surface area contributed by atoms with Crippen LogP contribution in [-0.2, 0) is 9.59 Å². The van der Waals surface area contributed by atoms with E-state index in [-0.39, 0.29) is 35.5 Å². The summed E-state index contributed by atoms with van der Waals surface area (Å²) >= 11 is 0. The first-order valence-electron chi connectivity index (χ1n) is 12.7. The molecule has 1 saturated heterocycles. The molecule has 0 unspecified atom stereocenters. The van der Waals surface area contributed by atoms with Gasteiger partial charge in [-0.1, -0.05) is 12.1 Å². The van der Waals surface area contributed by atoms with Crippen LogP contribution in [0.5, 0.6) is 0 Å². The predicted octanol–water partition coefficient (Wildman–Crippen LogP) is 3.22. The zero-order valence-electron chi connectivity index (χ0n) is 19.2. The summed E-state index contributed by atoms with van der Waals surface area (Å²) in [5.74, 6) is 2.52. The molecule has 0 spiro atoms. The lowest BCUT2D eigenvalue weighted by Crippen LogP contribution is -2.49. The number of aromatic amines is 1. The number of hydrogen-bond donors (Lipinski definition) is 2. The zero-order valence-corrected chi connectivity index (χ0v) is 19.2. The number of likely N-dealkylation sites (tertiary alicyclic amines) is 1. The summed E-state index contributed by atoms with van der Waals surface area (Å²) in [6, 6.07) is 7.82. The molecule has 2 aromatic rings. The number of hydrogen-bond acceptors (Lipinski definition) is 3. The Balaban J connectivity index is 1.01. The standard InChI is InChI=1S/C26H34N4O3/c31-23(15-26-12-17-9-18(13-26)11-19(10-17)14-26)27-16-24(32)29-7-5-20(6-8-29)30-22-4-2-1-3-21(22)28-25(30)33/h1-4,17-20H,5-16H2,(H,27,31)(H,28,33). The molecule has 4 saturated carbocycles. The topological polar surface area (TPSA) is 87.2 Å². The summed E-state index contributed by atoms with van der Waals surface area (Å²) in [6.07, 6.45) is 9.84. The average Bonchev–Trinajstić information content (AvgIpc) is 3.12. The Bertz CT molecular complexity index is 1090. The Morgan fingerprint density at radius 2 is 1.64 bits per heavy atom. The summed E-state index contributed by atoms with van der Waals surface area (Å²) in [5.41, 5.74) is 1.89. The molecule has 4 bridgehead atoms. The van der Waals surface area contributed by atoms with E-state index in [1.807, 2.05) is 33.7 Å². The Hall–Kier alpha value is -2.57. The largest absolute Gasteiger partial charge is 0.347 e. The predicted molar refractivity (Wildman–Crippen MR) is 126 cm³/mol. The van der Waals surface area contributed by atoms with Gasteiger partial charge in [0.15, 0.2) is 0 Å². The number of benzene rings is 1. The number of aromatic nitrogens is 2. The highest BCUT2D eigenvalue weighted by Gasteiger charge is 2.51. The van der Waals surface area contributed by atoms with E-state index in [0.717, 1.165) is 41.6 Å². The number of rotatable bonds is 5. The molecule has 1 aliphatic heterocycles. The van der Waals surface area contributed by atoms with Crippen LogP contribution in [-0.4, -0.2) is 45.9 Å². The highest BCUT2D eigenvalue weighted by atomic mass is 16.2. The van der Waals surface area contributed by atoms with Crippen LogP contribution in [0.3, 0.4) is 0 Å². The third-order valence-corrected chi connectivity index (χ3v) is 8.94. The molecule has 1 aromatic heterocycles. The minimum absolute atomic E-state index is 0.0152. The number of para-hydroxylation sites is 2. The molecule has 2 amide bonds. The van der Waals surface area contributed by atoms with Gasteiger partial charge >= 0.3 is 5.69 Å². The summed E-state index contributed by atoms with van der Waals surface area (Å²) in [5, 5.41) is 2.94. The second-order valence-electron chi connectivity index (χ2n) is 11.3. The van der Waals surface area contributed by atoms with E-state index < -0.39 is 0 Å². The summed E-state index contributed by atoms with van der Waals surface area (Å²) < 4.78 is 1.84. The fourth-order valence-electron chi connectivity index (χ4n) is 8.01. The van der Waals surface area contributed by atoms with Gasteiger partial charge in [0.2, 0.25) is 11.8 Å². The SMILES string of the molecule is O=C(CC12CC3CC(CC(C3)C1)C2)NCC(=O)N1CCC(n2c(=O)[nH]c3ccccc32)CC1. The number of carbonyl (C=O) groups excluding carboxylic acids is 2. The number of nitrogens with one attached hydrogen (secondary N) is 2. The van der Waals surface area contributed by atoms with Gasteiger partial charge in [-0.25, -0.2) is 4.79 Å². The van der Waals surface area contributed by atoms with Crippen LogP contribution >= 0.6 is 0 Å². The minimum Gasteiger partial charge on any atom is -0.347 e. The molecular weight excluding hydrogens is 416 g/mol. The molecule has 176 valence electrons. The molecule has 1 aromatic carbocycles. The zero-order chi connectivity index (χ0) is 22.6. The highest BCUT2D eigenvalue weighted by Crippen LogP contribution is 2.61. The van der Waals surface area contributed by atoms with E-state index in [0.29, 0.717) is 19.5 Å². The summed E-state index contributed by atoms with van der Waals surface area (Å²) in [7, 11) is 0. The molecule has 4 aliphatic carbocycles. The third kappa shape index (κ3) is 3.89. The van der Waals surface area contributed by atoms with Crippen LogP contribution in [0.1, 0.15) is 63.8 Å². The molecule has 0 atom stereocenters. The second kappa shape index (κ2) is 8.03. The van der Waals surface area contributed by atoms with Crippen molar-refractivity contribution < 1.29 is 9.59 Å². The van der Waals surface area contributed by atoms with Crippen molar-refractivity contribution in [3.63, 3.8) is 0 Å². The monoisotopic (exact) mass is 450 g/mol. The van der Waals surface area contributed by atoms with E-state index in [4.69, 9.17) is 0 Å². The van der Waals surface area contributed by atoms with Crippen LogP contribution in [0.15, 0.2) is 29.1 Å². The van der Waals surface area contributed by atoms with Crippen LogP contribution in [0.25, 0.3) is 11.0 Å². The van der Waals surface area contributed by atoms with Crippen molar-refractivity contribution in [3.8, 4) is 0 Å². The van der Waals surface area contributed by atoms with Crippen molar-refractivity contribution >= 4 is 22.8 Å².